The maximum atomic E-state index is 13.7. The molecule has 0 saturated carbocycles. The molecule has 1 aromatic heterocycles. The molecule has 1 unspecified atom stereocenters. The molecule has 0 aliphatic rings. The van der Waals surface area contributed by atoms with Gasteiger partial charge in [-0.25, -0.2) is 8.78 Å². The number of aliphatic hydroxyl groups is 1. The van der Waals surface area contributed by atoms with Gasteiger partial charge in [-0.1, -0.05) is 30.3 Å². The summed E-state index contributed by atoms with van der Waals surface area (Å²) in [6.45, 7) is 0. The number of benzene rings is 2. The fourth-order valence-corrected chi connectivity index (χ4v) is 3.26. The first kappa shape index (κ1) is 13.2. The summed E-state index contributed by atoms with van der Waals surface area (Å²) >= 11 is 1.58. The Morgan fingerprint density at radius 2 is 1.85 bits per heavy atom. The summed E-state index contributed by atoms with van der Waals surface area (Å²) in [6, 6.07) is 11.7. The maximum absolute atomic E-state index is 13.7. The van der Waals surface area contributed by atoms with Crippen LogP contribution < -0.4 is 0 Å². The molecule has 1 N–H and O–H groups in total. The number of halogens is 2. The highest BCUT2D eigenvalue weighted by atomic mass is 32.1. The molecule has 4 heteroatoms. The third-order valence-electron chi connectivity index (χ3n) is 3.31. The Balaban J connectivity index is 1.92. The number of fused-ring (bicyclic) bond motifs is 1. The van der Waals surface area contributed by atoms with E-state index in [4.69, 9.17) is 0 Å². The monoisotopic (exact) mass is 290 g/mol. The van der Waals surface area contributed by atoms with Crippen LogP contribution in [-0.4, -0.2) is 5.11 Å². The second kappa shape index (κ2) is 5.31. The van der Waals surface area contributed by atoms with Gasteiger partial charge in [0.2, 0.25) is 0 Å². The van der Waals surface area contributed by atoms with Crippen molar-refractivity contribution in [2.45, 2.75) is 12.5 Å². The van der Waals surface area contributed by atoms with Crippen molar-refractivity contribution in [3.63, 3.8) is 0 Å². The van der Waals surface area contributed by atoms with E-state index in [1.54, 1.807) is 11.3 Å². The summed E-state index contributed by atoms with van der Waals surface area (Å²) in [5.41, 5.74) is 0.946. The Kier molecular flexibility index (Phi) is 3.51. The lowest BCUT2D eigenvalue weighted by atomic mass is 10.0. The van der Waals surface area contributed by atoms with E-state index >= 15 is 0 Å². The minimum absolute atomic E-state index is 0.000260. The van der Waals surface area contributed by atoms with Crippen molar-refractivity contribution < 1.29 is 13.9 Å². The van der Waals surface area contributed by atoms with E-state index in [0.29, 0.717) is 0 Å². The summed E-state index contributed by atoms with van der Waals surface area (Å²) < 4.78 is 28.0. The van der Waals surface area contributed by atoms with E-state index in [9.17, 15) is 13.9 Å². The molecule has 102 valence electrons. The molecular formula is C16H12F2OS. The summed E-state index contributed by atoms with van der Waals surface area (Å²) in [7, 11) is 0. The van der Waals surface area contributed by atoms with E-state index in [2.05, 4.69) is 0 Å². The Bertz CT molecular complexity index is 751. The fourth-order valence-electron chi connectivity index (χ4n) is 2.29. The number of aliphatic hydroxyl groups excluding tert-OH is 1. The second-order valence-corrected chi connectivity index (χ2v) is 5.53. The highest BCUT2D eigenvalue weighted by Crippen LogP contribution is 2.30. The van der Waals surface area contributed by atoms with Gasteiger partial charge in [0.25, 0.3) is 0 Å². The van der Waals surface area contributed by atoms with Crippen LogP contribution in [0.15, 0.2) is 47.8 Å². The molecule has 3 aromatic rings. The molecule has 0 radical (unpaired) electrons. The first-order chi connectivity index (χ1) is 9.66. The van der Waals surface area contributed by atoms with Gasteiger partial charge in [-0.3, -0.25) is 0 Å². The number of hydrogen-bond donors (Lipinski definition) is 1. The van der Waals surface area contributed by atoms with Gasteiger partial charge in [-0.15, -0.1) is 11.3 Å². The second-order valence-electron chi connectivity index (χ2n) is 4.62. The maximum Gasteiger partial charge on any atom is 0.164 e. The zero-order chi connectivity index (χ0) is 14.1. The zero-order valence-electron chi connectivity index (χ0n) is 10.5. The first-order valence-corrected chi connectivity index (χ1v) is 7.12. The van der Waals surface area contributed by atoms with E-state index < -0.39 is 17.7 Å². The quantitative estimate of drug-likeness (QED) is 0.755. The van der Waals surface area contributed by atoms with Crippen LogP contribution in [0.25, 0.3) is 10.1 Å². The van der Waals surface area contributed by atoms with Crippen molar-refractivity contribution in [3.8, 4) is 0 Å². The fraction of sp³-hybridized carbons (Fsp3) is 0.125. The SMILES string of the molecule is OC(Cc1csc2ccccc12)c1cccc(F)c1F. The lowest BCUT2D eigenvalue weighted by molar-refractivity contribution is 0.173. The molecule has 2 aromatic carbocycles. The van der Waals surface area contributed by atoms with Crippen molar-refractivity contribution in [1.29, 1.82) is 0 Å². The molecule has 0 fully saturated rings. The molecule has 0 aliphatic carbocycles. The third kappa shape index (κ3) is 2.32. The van der Waals surface area contributed by atoms with Crippen molar-refractivity contribution >= 4 is 21.4 Å². The van der Waals surface area contributed by atoms with Gasteiger partial charge in [0.1, 0.15) is 0 Å². The van der Waals surface area contributed by atoms with E-state index in [1.165, 1.54) is 12.1 Å². The molecule has 1 atom stereocenters. The third-order valence-corrected chi connectivity index (χ3v) is 4.33. The molecular weight excluding hydrogens is 278 g/mol. The average Bonchev–Trinajstić information content (AvgIpc) is 2.85. The summed E-state index contributed by atoms with van der Waals surface area (Å²) in [4.78, 5) is 0. The van der Waals surface area contributed by atoms with Gasteiger partial charge in [0, 0.05) is 16.7 Å². The van der Waals surface area contributed by atoms with Crippen LogP contribution in [0.4, 0.5) is 8.78 Å². The van der Waals surface area contributed by atoms with Gasteiger partial charge < -0.3 is 5.11 Å². The molecule has 1 heterocycles. The van der Waals surface area contributed by atoms with Crippen molar-refractivity contribution in [2.75, 3.05) is 0 Å². The van der Waals surface area contributed by atoms with Crippen LogP contribution in [0, 0.1) is 11.6 Å². The molecule has 3 rings (SSSR count). The standard InChI is InChI=1S/C16H12F2OS/c17-13-6-3-5-12(16(13)18)14(19)8-10-9-20-15-7-2-1-4-11(10)15/h1-7,9,14,19H,8H2. The Hall–Kier alpha value is -1.78. The zero-order valence-corrected chi connectivity index (χ0v) is 11.3. The van der Waals surface area contributed by atoms with Gasteiger partial charge in [-0.05, 0) is 28.5 Å². The summed E-state index contributed by atoms with van der Waals surface area (Å²) in [5, 5.41) is 13.2. The van der Waals surface area contributed by atoms with Crippen LogP contribution in [0.3, 0.4) is 0 Å². The first-order valence-electron chi connectivity index (χ1n) is 6.24. The minimum Gasteiger partial charge on any atom is -0.388 e. The molecule has 0 aliphatic heterocycles. The average molecular weight is 290 g/mol. The van der Waals surface area contributed by atoms with Gasteiger partial charge in [0.15, 0.2) is 11.6 Å². The predicted molar refractivity (Wildman–Crippen MR) is 76.8 cm³/mol. The van der Waals surface area contributed by atoms with E-state index in [0.717, 1.165) is 21.7 Å². The minimum atomic E-state index is -1.05. The van der Waals surface area contributed by atoms with Crippen molar-refractivity contribution in [2.24, 2.45) is 0 Å². The highest BCUT2D eigenvalue weighted by Gasteiger charge is 2.17. The van der Waals surface area contributed by atoms with E-state index in [-0.39, 0.29) is 12.0 Å². The predicted octanol–water partition coefficient (Wildman–Crippen LogP) is 4.46. The summed E-state index contributed by atoms with van der Waals surface area (Å²) in [5.74, 6) is -1.91. The molecule has 0 amide bonds. The van der Waals surface area contributed by atoms with Gasteiger partial charge in [-0.2, -0.15) is 0 Å². The number of thiophene rings is 1. The van der Waals surface area contributed by atoms with Crippen LogP contribution in [0.1, 0.15) is 17.2 Å². The number of hydrogen-bond acceptors (Lipinski definition) is 2. The lowest BCUT2D eigenvalue weighted by Gasteiger charge is -2.11. The van der Waals surface area contributed by atoms with Crippen LogP contribution in [-0.2, 0) is 6.42 Å². The number of rotatable bonds is 3. The normalized spacial score (nSPS) is 12.8. The smallest absolute Gasteiger partial charge is 0.164 e. The Labute approximate surface area is 119 Å². The van der Waals surface area contributed by atoms with Gasteiger partial charge in [0.05, 0.1) is 6.10 Å². The molecule has 20 heavy (non-hydrogen) atoms. The van der Waals surface area contributed by atoms with Crippen LogP contribution in [0.2, 0.25) is 0 Å². The van der Waals surface area contributed by atoms with Gasteiger partial charge >= 0.3 is 0 Å². The van der Waals surface area contributed by atoms with Crippen molar-refractivity contribution in [3.05, 3.63) is 70.6 Å². The summed E-state index contributed by atoms with van der Waals surface area (Å²) in [6.07, 6.45) is -0.784. The van der Waals surface area contributed by atoms with Crippen LogP contribution in [0.5, 0.6) is 0 Å². The van der Waals surface area contributed by atoms with Crippen LogP contribution >= 0.6 is 11.3 Å². The Morgan fingerprint density at radius 1 is 1.05 bits per heavy atom. The Morgan fingerprint density at radius 3 is 2.70 bits per heavy atom. The molecule has 0 saturated heterocycles. The molecule has 0 spiro atoms. The molecule has 1 nitrogen and oxygen atoms in total. The lowest BCUT2D eigenvalue weighted by Crippen LogP contribution is -2.05. The topological polar surface area (TPSA) is 20.2 Å². The van der Waals surface area contributed by atoms with E-state index in [1.807, 2.05) is 29.6 Å². The molecule has 0 bridgehead atoms. The highest BCUT2D eigenvalue weighted by molar-refractivity contribution is 7.17. The largest absolute Gasteiger partial charge is 0.388 e. The van der Waals surface area contributed by atoms with Crippen molar-refractivity contribution in [1.82, 2.24) is 0 Å².